The van der Waals surface area contributed by atoms with E-state index in [1.807, 2.05) is 6.07 Å². The van der Waals surface area contributed by atoms with Crippen molar-refractivity contribution in [2.75, 3.05) is 18.8 Å². The lowest BCUT2D eigenvalue weighted by Crippen LogP contribution is -2.43. The first-order chi connectivity index (χ1) is 17.9. The summed E-state index contributed by atoms with van der Waals surface area (Å²) in [6.07, 6.45) is 2.76. The number of para-hydroxylation sites is 1. The Labute approximate surface area is 211 Å². The quantitative estimate of drug-likeness (QED) is 0.329. The van der Waals surface area contributed by atoms with Crippen LogP contribution in [0.1, 0.15) is 18.9 Å². The fourth-order valence-electron chi connectivity index (χ4n) is 4.70. The van der Waals surface area contributed by atoms with E-state index >= 15 is 4.39 Å². The van der Waals surface area contributed by atoms with Crippen LogP contribution < -0.4 is 16.2 Å². The van der Waals surface area contributed by atoms with Gasteiger partial charge in [-0.25, -0.2) is 14.2 Å². The normalized spacial score (nSPS) is 15.4. The van der Waals surface area contributed by atoms with Gasteiger partial charge in [-0.3, -0.25) is 13.9 Å². The van der Waals surface area contributed by atoms with Gasteiger partial charge in [-0.15, -0.1) is 0 Å². The molecule has 0 bridgehead atoms. The topological polar surface area (TPSA) is 119 Å². The molecule has 1 amide bonds. The number of likely N-dealkylation sites (tertiary alicyclic amines) is 1. The number of rotatable bonds is 5. The zero-order valence-corrected chi connectivity index (χ0v) is 19.8. The van der Waals surface area contributed by atoms with Crippen molar-refractivity contribution >= 4 is 22.8 Å². The average Bonchev–Trinajstić information content (AvgIpc) is 3.22. The maximum Gasteiger partial charge on any atom is 0.334 e. The molecule has 2 aromatic heterocycles. The number of nitrogens with zero attached hydrogens (tertiary/aromatic N) is 5. The molecule has 4 aromatic rings. The summed E-state index contributed by atoms with van der Waals surface area (Å²) in [4.78, 5) is 32.0. The number of fused-ring (bicyclic) bond motifs is 1. The van der Waals surface area contributed by atoms with E-state index < -0.39 is 17.4 Å². The predicted molar refractivity (Wildman–Crippen MR) is 136 cm³/mol. The number of nitrogens with two attached hydrogens (primary N) is 1. The summed E-state index contributed by atoms with van der Waals surface area (Å²) in [6, 6.07) is 16.1. The molecule has 0 saturated carbocycles. The Balaban J connectivity index is 1.57. The summed E-state index contributed by atoms with van der Waals surface area (Å²) in [7, 11) is 0. The Morgan fingerprint density at radius 1 is 1.22 bits per heavy atom. The molecule has 1 aliphatic heterocycles. The smallest absolute Gasteiger partial charge is 0.334 e. The minimum atomic E-state index is -0.652. The second-order valence-corrected chi connectivity index (χ2v) is 8.72. The van der Waals surface area contributed by atoms with Crippen LogP contribution in [0.25, 0.3) is 16.7 Å². The highest BCUT2D eigenvalue weighted by molar-refractivity contribution is 5.96. The lowest BCUT2D eigenvalue weighted by atomic mass is 10.0. The van der Waals surface area contributed by atoms with Gasteiger partial charge in [-0.2, -0.15) is 5.26 Å². The number of hydrogen-bond acceptors (Lipinski definition) is 6. The van der Waals surface area contributed by atoms with Gasteiger partial charge in [0.25, 0.3) is 5.91 Å². The van der Waals surface area contributed by atoms with Crippen LogP contribution in [0.4, 0.5) is 10.2 Å². The number of aromatic nitrogens is 3. The monoisotopic (exact) mass is 498 g/mol. The third-order valence-electron chi connectivity index (χ3n) is 6.40. The molecule has 5 rings (SSSR count). The predicted octanol–water partition coefficient (Wildman–Crippen LogP) is 3.94. The zero-order chi connectivity index (χ0) is 26.1. The van der Waals surface area contributed by atoms with Crippen molar-refractivity contribution in [3.8, 4) is 23.3 Å². The van der Waals surface area contributed by atoms with Crippen LogP contribution in [-0.2, 0) is 4.79 Å². The molecular formula is C27H23FN6O3. The maximum atomic E-state index is 15.1. The number of hydrogen-bond donors (Lipinski definition) is 1. The fraction of sp³-hybridized carbons (Fsp3) is 0.185. The van der Waals surface area contributed by atoms with E-state index in [-0.39, 0.29) is 35.4 Å². The first-order valence-electron chi connectivity index (χ1n) is 11.7. The minimum absolute atomic E-state index is 0.0111. The maximum absolute atomic E-state index is 15.1. The highest BCUT2D eigenvalue weighted by Crippen LogP contribution is 2.31. The number of nitriles is 1. The number of piperidine rings is 1. The molecule has 3 heterocycles. The Bertz CT molecular complexity index is 1620. The molecule has 37 heavy (non-hydrogen) atoms. The van der Waals surface area contributed by atoms with E-state index in [2.05, 4.69) is 11.6 Å². The SMILES string of the molecule is C=C(C#N)C(=O)N1CCC[C@@H](n2c(=O)n(-c3ccc(Oc4ccccc4)c(F)c3)c3c(N)nccc32)C1. The van der Waals surface area contributed by atoms with Gasteiger partial charge in [0.05, 0.1) is 17.2 Å². The van der Waals surface area contributed by atoms with Crippen LogP contribution in [0.3, 0.4) is 0 Å². The second-order valence-electron chi connectivity index (χ2n) is 8.72. The van der Waals surface area contributed by atoms with Crippen LogP contribution in [0.15, 0.2) is 77.7 Å². The van der Waals surface area contributed by atoms with Crippen LogP contribution in [-0.4, -0.2) is 38.0 Å². The number of nitrogen functional groups attached to an aromatic ring is 1. The number of carbonyl (C=O) groups is 1. The van der Waals surface area contributed by atoms with E-state index in [0.717, 1.165) is 0 Å². The molecule has 10 heteroatoms. The summed E-state index contributed by atoms with van der Waals surface area (Å²) < 4.78 is 23.6. The number of carbonyl (C=O) groups excluding carboxylic acids is 1. The van der Waals surface area contributed by atoms with Crippen molar-refractivity contribution in [2.24, 2.45) is 0 Å². The van der Waals surface area contributed by atoms with Crippen LogP contribution in [0.5, 0.6) is 11.5 Å². The Hall–Kier alpha value is -4.91. The zero-order valence-electron chi connectivity index (χ0n) is 19.8. The van der Waals surface area contributed by atoms with E-state index in [1.54, 1.807) is 47.0 Å². The number of halogens is 1. The first kappa shape index (κ1) is 23.8. The molecule has 0 radical (unpaired) electrons. The molecule has 0 unspecified atom stereocenters. The molecule has 9 nitrogen and oxygen atoms in total. The molecule has 1 aliphatic rings. The molecule has 2 N–H and O–H groups in total. The number of anilines is 1. The van der Waals surface area contributed by atoms with Crippen molar-refractivity contribution in [3.05, 3.63) is 89.2 Å². The fourth-order valence-corrected chi connectivity index (χ4v) is 4.70. The average molecular weight is 499 g/mol. The standard InChI is InChI=1S/C27H23FN6O3/c1-17(15-29)26(35)32-13-5-6-19(16-32)33-22-11-12-31-25(30)24(22)34(27(33)36)18-9-10-23(21(28)14-18)37-20-7-3-2-4-8-20/h2-4,7-12,14,19H,1,5-6,13,16H2,(H2,30,31)/t19-/m1/s1. The summed E-state index contributed by atoms with van der Waals surface area (Å²) in [5, 5.41) is 9.07. The summed E-state index contributed by atoms with van der Waals surface area (Å²) in [6.45, 7) is 4.20. The van der Waals surface area contributed by atoms with Gasteiger partial charge in [0.2, 0.25) is 0 Å². The third-order valence-corrected chi connectivity index (χ3v) is 6.40. The van der Waals surface area contributed by atoms with Crippen molar-refractivity contribution in [1.82, 2.24) is 19.0 Å². The largest absolute Gasteiger partial charge is 0.454 e. The van der Waals surface area contributed by atoms with E-state index in [0.29, 0.717) is 36.2 Å². The van der Waals surface area contributed by atoms with Crippen LogP contribution in [0.2, 0.25) is 0 Å². The Kier molecular flexibility index (Phi) is 6.19. The second kappa shape index (κ2) is 9.62. The van der Waals surface area contributed by atoms with E-state index in [1.165, 1.54) is 27.8 Å². The lowest BCUT2D eigenvalue weighted by Gasteiger charge is -2.33. The van der Waals surface area contributed by atoms with E-state index in [4.69, 9.17) is 15.7 Å². The van der Waals surface area contributed by atoms with Gasteiger partial charge < -0.3 is 15.4 Å². The molecule has 0 spiro atoms. The summed E-state index contributed by atoms with van der Waals surface area (Å²) in [5.74, 6) is -0.508. The number of benzene rings is 2. The van der Waals surface area contributed by atoms with Crippen molar-refractivity contribution in [2.45, 2.75) is 18.9 Å². The number of amides is 1. The van der Waals surface area contributed by atoms with Gasteiger partial charge in [-0.05, 0) is 43.2 Å². The van der Waals surface area contributed by atoms with Crippen molar-refractivity contribution in [1.29, 1.82) is 5.26 Å². The van der Waals surface area contributed by atoms with Crippen molar-refractivity contribution in [3.63, 3.8) is 0 Å². The third kappa shape index (κ3) is 4.31. The Morgan fingerprint density at radius 2 is 2.00 bits per heavy atom. The van der Waals surface area contributed by atoms with Gasteiger partial charge in [0, 0.05) is 25.4 Å². The van der Waals surface area contributed by atoms with Gasteiger partial charge in [0.1, 0.15) is 28.7 Å². The number of pyridine rings is 1. The first-order valence-corrected chi connectivity index (χ1v) is 11.7. The Morgan fingerprint density at radius 3 is 2.73 bits per heavy atom. The highest BCUT2D eigenvalue weighted by atomic mass is 19.1. The molecular weight excluding hydrogens is 475 g/mol. The van der Waals surface area contributed by atoms with Gasteiger partial charge >= 0.3 is 5.69 Å². The summed E-state index contributed by atoms with van der Waals surface area (Å²) >= 11 is 0. The highest BCUT2D eigenvalue weighted by Gasteiger charge is 2.30. The van der Waals surface area contributed by atoms with Crippen LogP contribution in [0, 0.1) is 17.1 Å². The molecule has 1 fully saturated rings. The lowest BCUT2D eigenvalue weighted by molar-refractivity contribution is -0.128. The number of ether oxygens (including phenoxy) is 1. The van der Waals surface area contributed by atoms with Gasteiger partial charge in [-0.1, -0.05) is 24.8 Å². The van der Waals surface area contributed by atoms with Crippen LogP contribution >= 0.6 is 0 Å². The molecule has 1 atom stereocenters. The summed E-state index contributed by atoms with van der Waals surface area (Å²) in [5.41, 5.74) is 6.71. The molecule has 186 valence electrons. The van der Waals surface area contributed by atoms with E-state index in [9.17, 15) is 9.59 Å². The number of imidazole rings is 1. The minimum Gasteiger partial charge on any atom is -0.454 e. The van der Waals surface area contributed by atoms with Crippen molar-refractivity contribution < 1.29 is 13.9 Å². The molecule has 2 aromatic carbocycles. The molecule has 0 aliphatic carbocycles. The molecule has 1 saturated heterocycles. The van der Waals surface area contributed by atoms with Gasteiger partial charge in [0.15, 0.2) is 11.6 Å².